The Balaban J connectivity index is 1.85. The second-order valence-electron chi connectivity index (χ2n) is 5.34. The molecule has 0 bridgehead atoms. The van der Waals surface area contributed by atoms with E-state index in [0.29, 0.717) is 5.56 Å². The Kier molecular flexibility index (Phi) is 6.08. The van der Waals surface area contributed by atoms with E-state index in [1.165, 1.54) is 18.2 Å². The molecule has 0 spiro atoms. The molecular formula is C17H16ClN3O4. The van der Waals surface area contributed by atoms with Gasteiger partial charge in [0.25, 0.3) is 5.69 Å². The van der Waals surface area contributed by atoms with Crippen LogP contribution in [0.3, 0.4) is 0 Å². The average Bonchev–Trinajstić information content (AvgIpc) is 2.57. The Bertz CT molecular complexity index is 806. The summed E-state index contributed by atoms with van der Waals surface area (Å²) in [5.41, 5.74) is 1.58. The average molecular weight is 362 g/mol. The summed E-state index contributed by atoms with van der Waals surface area (Å²) in [5, 5.41) is 15.8. The van der Waals surface area contributed by atoms with Gasteiger partial charge in [-0.2, -0.15) is 0 Å². The maximum atomic E-state index is 12.0. The number of carbonyl (C=O) groups excluding carboxylic acids is 2. The lowest BCUT2D eigenvalue weighted by Gasteiger charge is -2.08. The van der Waals surface area contributed by atoms with Gasteiger partial charge in [0.15, 0.2) is 5.78 Å². The number of halogens is 1. The first kappa shape index (κ1) is 18.4. The van der Waals surface area contributed by atoms with Crippen LogP contribution in [0.25, 0.3) is 0 Å². The minimum Gasteiger partial charge on any atom is -0.337 e. The number of amides is 2. The van der Waals surface area contributed by atoms with Gasteiger partial charge in [0.05, 0.1) is 4.92 Å². The predicted molar refractivity (Wildman–Crippen MR) is 95.3 cm³/mol. The van der Waals surface area contributed by atoms with E-state index in [1.54, 1.807) is 12.1 Å². The normalized spacial score (nSPS) is 10.2. The fraction of sp³-hybridized carbons (Fsp3) is 0.176. The van der Waals surface area contributed by atoms with Crippen molar-refractivity contribution in [3.8, 4) is 0 Å². The molecule has 0 aliphatic carbocycles. The van der Waals surface area contributed by atoms with Gasteiger partial charge in [-0.15, -0.1) is 0 Å². The van der Waals surface area contributed by atoms with E-state index in [0.717, 1.165) is 5.56 Å². The number of Topliss-reactive ketones (excluding diaryl/α,β-unsaturated/α-hetero) is 1. The van der Waals surface area contributed by atoms with Crippen LogP contribution in [0.1, 0.15) is 22.3 Å². The quantitative estimate of drug-likeness (QED) is 0.462. The predicted octanol–water partition coefficient (Wildman–Crippen LogP) is 3.95. The lowest BCUT2D eigenvalue weighted by molar-refractivity contribution is -0.384. The van der Waals surface area contributed by atoms with E-state index < -0.39 is 11.0 Å². The maximum Gasteiger partial charge on any atom is 0.319 e. The molecule has 0 aliphatic heterocycles. The van der Waals surface area contributed by atoms with Crippen molar-refractivity contribution < 1.29 is 14.5 Å². The van der Waals surface area contributed by atoms with E-state index >= 15 is 0 Å². The monoisotopic (exact) mass is 361 g/mol. The molecule has 0 saturated carbocycles. The van der Waals surface area contributed by atoms with Gasteiger partial charge in [0.2, 0.25) is 0 Å². The number of urea groups is 1. The Morgan fingerprint density at radius 2 is 1.84 bits per heavy atom. The summed E-state index contributed by atoms with van der Waals surface area (Å²) in [6, 6.07) is 10.6. The van der Waals surface area contributed by atoms with Gasteiger partial charge >= 0.3 is 6.03 Å². The summed E-state index contributed by atoms with van der Waals surface area (Å²) >= 11 is 5.71. The minimum atomic E-state index is -0.633. The molecule has 0 fully saturated rings. The van der Waals surface area contributed by atoms with Crippen molar-refractivity contribution in [2.45, 2.75) is 13.3 Å². The molecule has 7 nitrogen and oxygen atoms in total. The molecule has 130 valence electrons. The molecule has 2 aromatic rings. The number of carbonyl (C=O) groups is 2. The highest BCUT2D eigenvalue weighted by Crippen LogP contribution is 2.27. The van der Waals surface area contributed by atoms with Crippen molar-refractivity contribution in [2.75, 3.05) is 11.9 Å². The molecule has 25 heavy (non-hydrogen) atoms. The zero-order valence-corrected chi connectivity index (χ0v) is 14.2. The van der Waals surface area contributed by atoms with E-state index in [4.69, 9.17) is 11.6 Å². The lowest BCUT2D eigenvalue weighted by atomic mass is 10.1. The second kappa shape index (κ2) is 8.25. The molecule has 2 rings (SSSR count). The third-order valence-corrected chi connectivity index (χ3v) is 3.73. The van der Waals surface area contributed by atoms with Crippen LogP contribution in [-0.4, -0.2) is 23.3 Å². The van der Waals surface area contributed by atoms with Gasteiger partial charge in [-0.3, -0.25) is 14.9 Å². The van der Waals surface area contributed by atoms with Crippen LogP contribution in [0.15, 0.2) is 42.5 Å². The van der Waals surface area contributed by atoms with Crippen LogP contribution >= 0.6 is 11.6 Å². The number of nitro benzene ring substituents is 1. The number of aryl methyl sites for hydroxylation is 1. The number of ketones is 1. The van der Waals surface area contributed by atoms with Crippen molar-refractivity contribution in [1.82, 2.24) is 5.32 Å². The molecule has 0 aliphatic rings. The molecule has 2 aromatic carbocycles. The van der Waals surface area contributed by atoms with Gasteiger partial charge in [0.1, 0.15) is 5.02 Å². The number of hydrogen-bond donors (Lipinski definition) is 2. The first-order valence-corrected chi connectivity index (χ1v) is 7.83. The summed E-state index contributed by atoms with van der Waals surface area (Å²) < 4.78 is 0. The highest BCUT2D eigenvalue weighted by Gasteiger charge is 2.14. The van der Waals surface area contributed by atoms with Crippen LogP contribution in [0.4, 0.5) is 16.2 Å². The Labute approximate surface area is 149 Å². The molecule has 0 aromatic heterocycles. The van der Waals surface area contributed by atoms with Gasteiger partial charge in [-0.05, 0) is 19.1 Å². The molecule has 8 heteroatoms. The van der Waals surface area contributed by atoms with Crippen molar-refractivity contribution >= 4 is 34.8 Å². The summed E-state index contributed by atoms with van der Waals surface area (Å²) in [4.78, 5) is 34.0. The molecule has 0 saturated heterocycles. The third kappa shape index (κ3) is 5.29. The number of nitrogens with one attached hydrogen (secondary N) is 2. The highest BCUT2D eigenvalue weighted by molar-refractivity contribution is 6.32. The number of hydrogen-bond acceptors (Lipinski definition) is 4. The van der Waals surface area contributed by atoms with Gasteiger partial charge in [0, 0.05) is 30.3 Å². The number of nitro groups is 1. The van der Waals surface area contributed by atoms with Crippen LogP contribution in [0, 0.1) is 17.0 Å². The molecule has 2 amide bonds. The standard InChI is InChI=1S/C17H16ClN3O4/c1-11-2-4-12(5-3-11)16(22)8-9-19-17(23)20-13-6-7-14(18)15(10-13)21(24)25/h2-7,10H,8-9H2,1H3,(H2,19,20,23). The van der Waals surface area contributed by atoms with Gasteiger partial charge in [-0.1, -0.05) is 41.4 Å². The van der Waals surface area contributed by atoms with Crippen molar-refractivity contribution in [2.24, 2.45) is 0 Å². The summed E-state index contributed by atoms with van der Waals surface area (Å²) in [6.45, 7) is 2.08. The molecule has 2 N–H and O–H groups in total. The third-order valence-electron chi connectivity index (χ3n) is 3.41. The molecule has 0 unspecified atom stereocenters. The number of rotatable bonds is 6. The Hall–Kier alpha value is -2.93. The smallest absolute Gasteiger partial charge is 0.319 e. The van der Waals surface area contributed by atoms with Gasteiger partial charge in [-0.25, -0.2) is 4.79 Å². The summed E-state index contributed by atoms with van der Waals surface area (Å²) in [6.07, 6.45) is 0.150. The van der Waals surface area contributed by atoms with Gasteiger partial charge < -0.3 is 10.6 Å². The highest BCUT2D eigenvalue weighted by atomic mass is 35.5. The molecular weight excluding hydrogens is 346 g/mol. The minimum absolute atomic E-state index is 0.0142. The van der Waals surface area contributed by atoms with Crippen LogP contribution in [-0.2, 0) is 0 Å². The molecule has 0 heterocycles. The van der Waals surface area contributed by atoms with Crippen LogP contribution in [0.2, 0.25) is 5.02 Å². The van der Waals surface area contributed by atoms with E-state index in [2.05, 4.69) is 10.6 Å². The maximum absolute atomic E-state index is 12.0. The molecule has 0 radical (unpaired) electrons. The molecule has 0 atom stereocenters. The topological polar surface area (TPSA) is 101 Å². The van der Waals surface area contributed by atoms with E-state index in [9.17, 15) is 19.7 Å². The van der Waals surface area contributed by atoms with Crippen LogP contribution in [0.5, 0.6) is 0 Å². The second-order valence-corrected chi connectivity index (χ2v) is 5.75. The first-order valence-electron chi connectivity index (χ1n) is 7.45. The van der Waals surface area contributed by atoms with Crippen molar-refractivity contribution in [3.63, 3.8) is 0 Å². The van der Waals surface area contributed by atoms with Crippen molar-refractivity contribution in [3.05, 3.63) is 68.7 Å². The first-order chi connectivity index (χ1) is 11.9. The lowest BCUT2D eigenvalue weighted by Crippen LogP contribution is -2.30. The fourth-order valence-corrected chi connectivity index (χ4v) is 2.27. The van der Waals surface area contributed by atoms with E-state index in [1.807, 2.05) is 19.1 Å². The zero-order chi connectivity index (χ0) is 18.4. The fourth-order valence-electron chi connectivity index (χ4n) is 2.08. The summed E-state index contributed by atoms with van der Waals surface area (Å²) in [7, 11) is 0. The number of benzene rings is 2. The number of anilines is 1. The number of nitrogens with zero attached hydrogens (tertiary/aromatic N) is 1. The zero-order valence-electron chi connectivity index (χ0n) is 13.4. The van der Waals surface area contributed by atoms with Crippen LogP contribution < -0.4 is 10.6 Å². The van der Waals surface area contributed by atoms with E-state index in [-0.39, 0.29) is 35.1 Å². The summed E-state index contributed by atoms with van der Waals surface area (Å²) in [5.74, 6) is -0.0811. The Morgan fingerprint density at radius 1 is 1.16 bits per heavy atom. The SMILES string of the molecule is Cc1ccc(C(=O)CCNC(=O)Nc2ccc(Cl)c([N+](=O)[O-])c2)cc1. The van der Waals surface area contributed by atoms with Crippen molar-refractivity contribution in [1.29, 1.82) is 0 Å². The largest absolute Gasteiger partial charge is 0.337 e. The Morgan fingerprint density at radius 3 is 2.48 bits per heavy atom.